The molecule has 0 amide bonds. The minimum atomic E-state index is -1.05. The lowest BCUT2D eigenvalue weighted by Crippen LogP contribution is -2.99. The maximum absolute atomic E-state index is 12.5. The zero-order valence-electron chi connectivity index (χ0n) is 13.6. The third-order valence-electron chi connectivity index (χ3n) is 4.20. The van der Waals surface area contributed by atoms with E-state index in [1.165, 1.54) is 24.3 Å². The molecule has 132 valence electrons. The second-order valence-corrected chi connectivity index (χ2v) is 6.22. The average molecular weight is 353 g/mol. The van der Waals surface area contributed by atoms with Crippen LogP contribution in [0, 0.1) is 11.1 Å². The van der Waals surface area contributed by atoms with Crippen LogP contribution in [0.2, 0.25) is 0 Å². The van der Waals surface area contributed by atoms with E-state index in [4.69, 9.17) is 14.7 Å². The smallest absolute Gasteiger partial charge is 0.314 e. The van der Waals surface area contributed by atoms with Crippen molar-refractivity contribution in [2.75, 3.05) is 0 Å². The summed E-state index contributed by atoms with van der Waals surface area (Å²) in [6.07, 6.45) is 3.19. The molecule has 1 aliphatic heterocycles. The number of carbonyl (C=O) groups excluding carboxylic acids is 2. The van der Waals surface area contributed by atoms with E-state index in [0.29, 0.717) is 22.6 Å². The molecular weight excluding hydrogens is 338 g/mol. The van der Waals surface area contributed by atoms with Crippen molar-refractivity contribution in [1.82, 2.24) is 0 Å². The van der Waals surface area contributed by atoms with Gasteiger partial charge in [0.2, 0.25) is 5.78 Å². The molecule has 0 bridgehead atoms. The van der Waals surface area contributed by atoms with Gasteiger partial charge >= 0.3 is 5.97 Å². The van der Waals surface area contributed by atoms with E-state index in [1.807, 2.05) is 0 Å². The normalized spacial score (nSPS) is 18.4. The second kappa shape index (κ2) is 6.38. The van der Waals surface area contributed by atoms with Gasteiger partial charge < -0.3 is 14.7 Å². The van der Waals surface area contributed by atoms with Crippen LogP contribution in [0.1, 0.15) is 28.8 Å². The highest BCUT2D eigenvalue weighted by atomic mass is 16.8. The molecule has 0 saturated heterocycles. The van der Waals surface area contributed by atoms with Gasteiger partial charge in [0.25, 0.3) is 0 Å². The molecule has 26 heavy (non-hydrogen) atoms. The summed E-state index contributed by atoms with van der Waals surface area (Å²) >= 11 is 0. The SMILES string of the molecule is O=C1C(=Cc2cccc([NH+]([O-])O)c2)Oc2cc(OC(=O)C3CC3)ccc21. The van der Waals surface area contributed by atoms with Gasteiger partial charge in [-0.15, -0.1) is 0 Å². The van der Waals surface area contributed by atoms with E-state index in [-0.39, 0.29) is 29.1 Å². The zero-order valence-corrected chi connectivity index (χ0v) is 13.6. The van der Waals surface area contributed by atoms with Crippen molar-refractivity contribution in [3.8, 4) is 11.5 Å². The highest BCUT2D eigenvalue weighted by Crippen LogP contribution is 2.36. The van der Waals surface area contributed by atoms with Crippen LogP contribution in [0.3, 0.4) is 0 Å². The van der Waals surface area contributed by atoms with Gasteiger partial charge in [0.05, 0.1) is 11.5 Å². The maximum atomic E-state index is 12.5. The molecule has 0 spiro atoms. The van der Waals surface area contributed by atoms with Crippen molar-refractivity contribution < 1.29 is 29.5 Å². The van der Waals surface area contributed by atoms with Crippen molar-refractivity contribution in [2.24, 2.45) is 5.92 Å². The Balaban J connectivity index is 1.57. The highest BCUT2D eigenvalue weighted by molar-refractivity contribution is 6.14. The first kappa shape index (κ1) is 16.5. The summed E-state index contributed by atoms with van der Waals surface area (Å²) in [7, 11) is 0. The number of esters is 1. The van der Waals surface area contributed by atoms with Crippen LogP contribution in [0.25, 0.3) is 6.08 Å². The number of fused-ring (bicyclic) bond motifs is 1. The summed E-state index contributed by atoms with van der Waals surface area (Å²) in [6, 6.07) is 10.8. The Morgan fingerprint density at radius 1 is 1.27 bits per heavy atom. The number of carbonyl (C=O) groups is 2. The molecule has 1 fully saturated rings. The Morgan fingerprint density at radius 3 is 2.81 bits per heavy atom. The Morgan fingerprint density at radius 2 is 2.08 bits per heavy atom. The molecule has 2 aromatic rings. The number of nitrogens with one attached hydrogen (secondary N) is 1. The first-order valence-electron chi connectivity index (χ1n) is 8.14. The van der Waals surface area contributed by atoms with Crippen molar-refractivity contribution in [3.05, 3.63) is 64.6 Å². The molecule has 7 heteroatoms. The number of allylic oxidation sites excluding steroid dienone is 1. The van der Waals surface area contributed by atoms with Gasteiger partial charge in [0.15, 0.2) is 11.4 Å². The first-order valence-corrected chi connectivity index (χ1v) is 8.14. The fourth-order valence-electron chi connectivity index (χ4n) is 2.66. The summed E-state index contributed by atoms with van der Waals surface area (Å²) in [5, 5.41) is 19.1. The fraction of sp³-hybridized carbons (Fsp3) is 0.158. The van der Waals surface area contributed by atoms with Crippen LogP contribution in [0.4, 0.5) is 5.69 Å². The molecule has 7 nitrogen and oxygen atoms in total. The van der Waals surface area contributed by atoms with Crippen molar-refractivity contribution in [3.63, 3.8) is 0 Å². The van der Waals surface area contributed by atoms with Gasteiger partial charge in [-0.05, 0) is 36.6 Å². The van der Waals surface area contributed by atoms with Crippen LogP contribution in [0.15, 0.2) is 48.2 Å². The van der Waals surface area contributed by atoms with Crippen LogP contribution < -0.4 is 14.7 Å². The summed E-state index contributed by atoms with van der Waals surface area (Å²) < 4.78 is 10.9. The number of Topliss-reactive ketones (excluding diaryl/α,β-unsaturated/α-hetero) is 1. The predicted octanol–water partition coefficient (Wildman–Crippen LogP) is 2.02. The number of rotatable bonds is 4. The van der Waals surface area contributed by atoms with Gasteiger partial charge in [0, 0.05) is 18.2 Å². The third kappa shape index (κ3) is 3.23. The van der Waals surface area contributed by atoms with Gasteiger partial charge in [-0.1, -0.05) is 12.1 Å². The number of hydrogen-bond acceptors (Lipinski definition) is 6. The molecule has 2 aliphatic rings. The standard InChI is InChI=1S/C19H15NO6/c21-18-15-7-6-14(25-19(22)12-4-5-12)10-16(15)26-17(18)9-11-2-1-3-13(8-11)20(23)24/h1-3,6-10,12,20,23H,4-5H2. The topological polar surface area (TPSA) is 100 Å². The monoisotopic (exact) mass is 353 g/mol. The van der Waals surface area contributed by atoms with E-state index < -0.39 is 5.23 Å². The molecule has 1 aliphatic carbocycles. The quantitative estimate of drug-likeness (QED) is 0.377. The average Bonchev–Trinajstić information content (AvgIpc) is 3.42. The Kier molecular flexibility index (Phi) is 4.04. The summed E-state index contributed by atoms with van der Waals surface area (Å²) in [4.78, 5) is 24.2. The van der Waals surface area contributed by atoms with Crippen LogP contribution in [-0.2, 0) is 4.79 Å². The number of ether oxygens (including phenoxy) is 2. The lowest BCUT2D eigenvalue weighted by atomic mass is 10.1. The number of quaternary nitrogens is 1. The van der Waals surface area contributed by atoms with E-state index in [1.54, 1.807) is 24.3 Å². The molecule has 1 saturated carbocycles. The summed E-state index contributed by atoms with van der Waals surface area (Å²) in [6.45, 7) is 0. The minimum Gasteiger partial charge on any atom is -0.595 e. The number of ketones is 1. The molecule has 0 radical (unpaired) electrons. The van der Waals surface area contributed by atoms with Gasteiger partial charge in [0.1, 0.15) is 11.5 Å². The molecule has 4 rings (SSSR count). The van der Waals surface area contributed by atoms with E-state index >= 15 is 0 Å². The highest BCUT2D eigenvalue weighted by Gasteiger charge is 2.32. The molecule has 2 N–H and O–H groups in total. The first-order chi connectivity index (χ1) is 12.5. The lowest BCUT2D eigenvalue weighted by molar-refractivity contribution is -0.991. The van der Waals surface area contributed by atoms with Crippen molar-refractivity contribution in [2.45, 2.75) is 12.8 Å². The fourth-order valence-corrected chi connectivity index (χ4v) is 2.66. The molecule has 1 heterocycles. The van der Waals surface area contributed by atoms with Gasteiger partial charge in [-0.25, -0.2) is 5.21 Å². The molecular formula is C19H15NO6. The minimum absolute atomic E-state index is 0.0252. The van der Waals surface area contributed by atoms with Crippen LogP contribution in [-0.4, -0.2) is 17.0 Å². The largest absolute Gasteiger partial charge is 0.595 e. The molecule has 1 atom stereocenters. The lowest BCUT2D eigenvalue weighted by Gasteiger charge is -2.11. The Hall–Kier alpha value is -3.00. The summed E-state index contributed by atoms with van der Waals surface area (Å²) in [5.41, 5.74) is 1.04. The Bertz CT molecular complexity index is 929. The number of benzene rings is 2. The third-order valence-corrected chi connectivity index (χ3v) is 4.20. The van der Waals surface area contributed by atoms with Crippen molar-refractivity contribution >= 4 is 23.5 Å². The Labute approximate surface area is 148 Å². The van der Waals surface area contributed by atoms with Gasteiger partial charge in [-0.3, -0.25) is 9.59 Å². The second-order valence-electron chi connectivity index (χ2n) is 6.22. The van der Waals surface area contributed by atoms with E-state index in [9.17, 15) is 14.8 Å². The molecule has 2 aromatic carbocycles. The van der Waals surface area contributed by atoms with Gasteiger partial charge in [-0.2, -0.15) is 5.23 Å². The predicted molar refractivity (Wildman–Crippen MR) is 90.0 cm³/mol. The summed E-state index contributed by atoms with van der Waals surface area (Å²) in [5.74, 6) is 0.145. The van der Waals surface area contributed by atoms with E-state index in [0.717, 1.165) is 12.8 Å². The number of hydrogen-bond donors (Lipinski definition) is 2. The molecule has 1 unspecified atom stereocenters. The van der Waals surface area contributed by atoms with Crippen LogP contribution >= 0.6 is 0 Å². The molecule has 0 aromatic heterocycles. The van der Waals surface area contributed by atoms with Crippen LogP contribution in [0.5, 0.6) is 11.5 Å². The zero-order chi connectivity index (χ0) is 18.3. The van der Waals surface area contributed by atoms with E-state index in [2.05, 4.69) is 0 Å². The van der Waals surface area contributed by atoms with Crippen molar-refractivity contribution in [1.29, 1.82) is 0 Å². The maximum Gasteiger partial charge on any atom is 0.314 e.